The highest BCUT2D eigenvalue weighted by Gasteiger charge is 2.17. The van der Waals surface area contributed by atoms with Gasteiger partial charge in [-0.25, -0.2) is 0 Å². The molecule has 18 heavy (non-hydrogen) atoms. The first-order valence-corrected chi connectivity index (χ1v) is 6.83. The van der Waals surface area contributed by atoms with E-state index < -0.39 is 0 Å². The lowest BCUT2D eigenvalue weighted by molar-refractivity contribution is 0.217. The third-order valence-electron chi connectivity index (χ3n) is 3.46. The van der Waals surface area contributed by atoms with Crippen molar-refractivity contribution in [2.45, 2.75) is 12.8 Å². The molecule has 3 nitrogen and oxygen atoms in total. The molecule has 1 aromatic rings. The van der Waals surface area contributed by atoms with Crippen LogP contribution in [0.3, 0.4) is 0 Å². The van der Waals surface area contributed by atoms with Crippen LogP contribution in [0, 0.1) is 5.92 Å². The number of hydrogen-bond donors (Lipinski definition) is 1. The molecular weight excluding hydrogens is 248 g/mol. The first-order valence-electron chi connectivity index (χ1n) is 6.45. The lowest BCUT2D eigenvalue weighted by Gasteiger charge is -2.30. The van der Waals surface area contributed by atoms with Gasteiger partial charge in [0.1, 0.15) is 5.75 Å². The lowest BCUT2D eigenvalue weighted by atomic mass is 9.98. The fraction of sp³-hybridized carbons (Fsp3) is 0.571. The van der Waals surface area contributed by atoms with Gasteiger partial charge in [-0.15, -0.1) is 0 Å². The predicted molar refractivity (Wildman–Crippen MR) is 76.7 cm³/mol. The Morgan fingerprint density at radius 3 is 3.06 bits per heavy atom. The molecule has 1 fully saturated rings. The Bertz CT molecular complexity index is 397. The van der Waals surface area contributed by atoms with Crippen LogP contribution >= 0.6 is 11.6 Å². The molecule has 100 valence electrons. The van der Waals surface area contributed by atoms with Crippen LogP contribution < -0.4 is 10.1 Å². The molecule has 0 aliphatic carbocycles. The van der Waals surface area contributed by atoms with Gasteiger partial charge >= 0.3 is 0 Å². The van der Waals surface area contributed by atoms with Gasteiger partial charge in [0.25, 0.3) is 0 Å². The third kappa shape index (κ3) is 3.53. The minimum Gasteiger partial charge on any atom is -0.495 e. The summed E-state index contributed by atoms with van der Waals surface area (Å²) in [7, 11) is 3.87. The summed E-state index contributed by atoms with van der Waals surface area (Å²) in [5.41, 5.74) is 0.984. The highest BCUT2D eigenvalue weighted by atomic mass is 35.5. The summed E-state index contributed by atoms with van der Waals surface area (Å²) in [5, 5.41) is 4.19. The number of nitrogens with zero attached hydrogens (tertiary/aromatic N) is 1. The van der Waals surface area contributed by atoms with Crippen molar-refractivity contribution in [3.63, 3.8) is 0 Å². The number of rotatable bonds is 4. The zero-order valence-electron chi connectivity index (χ0n) is 11.1. The normalized spacial score (nSPS) is 20.7. The van der Waals surface area contributed by atoms with E-state index in [0.29, 0.717) is 5.92 Å². The molecule has 1 saturated heterocycles. The molecule has 1 unspecified atom stereocenters. The van der Waals surface area contributed by atoms with Gasteiger partial charge in [0, 0.05) is 18.1 Å². The van der Waals surface area contributed by atoms with Crippen LogP contribution in [-0.4, -0.2) is 38.7 Å². The monoisotopic (exact) mass is 268 g/mol. The molecule has 1 N–H and O–H groups in total. The van der Waals surface area contributed by atoms with Crippen molar-refractivity contribution in [2.24, 2.45) is 5.92 Å². The van der Waals surface area contributed by atoms with Crippen LogP contribution in [0.15, 0.2) is 18.2 Å². The van der Waals surface area contributed by atoms with Crippen molar-refractivity contribution in [2.75, 3.05) is 39.1 Å². The number of piperidine rings is 1. The zero-order chi connectivity index (χ0) is 13.0. The second-order valence-electron chi connectivity index (χ2n) is 5.00. The first kappa shape index (κ1) is 13.5. The zero-order valence-corrected chi connectivity index (χ0v) is 11.8. The van der Waals surface area contributed by atoms with E-state index in [2.05, 4.69) is 17.3 Å². The Balaban J connectivity index is 1.94. The minimum absolute atomic E-state index is 0.701. The van der Waals surface area contributed by atoms with E-state index in [0.717, 1.165) is 29.5 Å². The van der Waals surface area contributed by atoms with Crippen LogP contribution in [0.4, 0.5) is 5.69 Å². The highest BCUT2D eigenvalue weighted by molar-refractivity contribution is 6.30. The third-order valence-corrected chi connectivity index (χ3v) is 3.70. The number of halogens is 1. The minimum atomic E-state index is 0.701. The Kier molecular flexibility index (Phi) is 4.72. The number of anilines is 1. The largest absolute Gasteiger partial charge is 0.495 e. The summed E-state index contributed by atoms with van der Waals surface area (Å²) in [6.07, 6.45) is 2.58. The van der Waals surface area contributed by atoms with Crippen molar-refractivity contribution >= 4 is 17.3 Å². The molecule has 0 bridgehead atoms. The lowest BCUT2D eigenvalue weighted by Crippen LogP contribution is -2.35. The molecule has 1 aromatic carbocycles. The van der Waals surface area contributed by atoms with Gasteiger partial charge in [-0.1, -0.05) is 11.6 Å². The molecule has 1 heterocycles. The van der Waals surface area contributed by atoms with Crippen LogP contribution in [0.5, 0.6) is 5.75 Å². The van der Waals surface area contributed by atoms with Gasteiger partial charge in [0.15, 0.2) is 0 Å². The molecule has 1 atom stereocenters. The quantitative estimate of drug-likeness (QED) is 0.908. The van der Waals surface area contributed by atoms with E-state index >= 15 is 0 Å². The average Bonchev–Trinajstić information content (AvgIpc) is 2.37. The van der Waals surface area contributed by atoms with Gasteiger partial charge in [-0.2, -0.15) is 0 Å². The summed E-state index contributed by atoms with van der Waals surface area (Å²) in [5.74, 6) is 1.55. The number of methoxy groups -OCH3 is 1. The molecule has 0 radical (unpaired) electrons. The molecule has 0 amide bonds. The Morgan fingerprint density at radius 1 is 1.50 bits per heavy atom. The van der Waals surface area contributed by atoms with Crippen LogP contribution in [0.2, 0.25) is 5.02 Å². The van der Waals surface area contributed by atoms with Crippen LogP contribution in [0.1, 0.15) is 12.8 Å². The fourth-order valence-electron chi connectivity index (χ4n) is 2.51. The maximum Gasteiger partial charge on any atom is 0.142 e. The Morgan fingerprint density at radius 2 is 2.33 bits per heavy atom. The molecule has 1 aliphatic rings. The molecule has 0 aromatic heterocycles. The van der Waals surface area contributed by atoms with Crippen molar-refractivity contribution in [3.05, 3.63) is 23.2 Å². The van der Waals surface area contributed by atoms with E-state index in [-0.39, 0.29) is 0 Å². The second kappa shape index (κ2) is 6.30. The smallest absolute Gasteiger partial charge is 0.142 e. The number of benzene rings is 1. The topological polar surface area (TPSA) is 24.5 Å². The van der Waals surface area contributed by atoms with Crippen molar-refractivity contribution in [1.82, 2.24) is 4.90 Å². The summed E-state index contributed by atoms with van der Waals surface area (Å²) < 4.78 is 5.33. The SMILES string of the molecule is COc1ccc(Cl)cc1NCC1CCCN(C)C1. The summed E-state index contributed by atoms with van der Waals surface area (Å²) >= 11 is 6.01. The number of ether oxygens (including phenoxy) is 1. The van der Waals surface area contributed by atoms with E-state index in [1.165, 1.54) is 19.4 Å². The van der Waals surface area contributed by atoms with Crippen LogP contribution in [-0.2, 0) is 0 Å². The number of hydrogen-bond acceptors (Lipinski definition) is 3. The first-order chi connectivity index (χ1) is 8.69. The maximum absolute atomic E-state index is 6.01. The summed E-state index contributed by atoms with van der Waals surface area (Å²) in [6.45, 7) is 3.36. The molecule has 0 saturated carbocycles. The molecule has 0 spiro atoms. The molecular formula is C14H21ClN2O. The average molecular weight is 269 g/mol. The number of nitrogens with one attached hydrogen (secondary N) is 1. The summed E-state index contributed by atoms with van der Waals surface area (Å²) in [4.78, 5) is 2.39. The molecule has 2 rings (SSSR count). The standard InChI is InChI=1S/C14H21ClN2O/c1-17-7-3-4-11(10-17)9-16-13-8-12(15)5-6-14(13)18-2/h5-6,8,11,16H,3-4,7,9-10H2,1-2H3. The van der Waals surface area contributed by atoms with Crippen molar-refractivity contribution < 1.29 is 4.74 Å². The van der Waals surface area contributed by atoms with E-state index in [4.69, 9.17) is 16.3 Å². The predicted octanol–water partition coefficient (Wildman–Crippen LogP) is 3.10. The highest BCUT2D eigenvalue weighted by Crippen LogP contribution is 2.28. The van der Waals surface area contributed by atoms with E-state index in [9.17, 15) is 0 Å². The Hall–Kier alpha value is -0.930. The van der Waals surface area contributed by atoms with Gasteiger partial charge < -0.3 is 15.0 Å². The fourth-order valence-corrected chi connectivity index (χ4v) is 2.68. The van der Waals surface area contributed by atoms with Gasteiger partial charge in [0.05, 0.1) is 12.8 Å². The van der Waals surface area contributed by atoms with Crippen molar-refractivity contribution in [1.29, 1.82) is 0 Å². The van der Waals surface area contributed by atoms with Crippen molar-refractivity contribution in [3.8, 4) is 5.75 Å². The molecule has 1 aliphatic heterocycles. The number of likely N-dealkylation sites (tertiary alicyclic amines) is 1. The van der Waals surface area contributed by atoms with Gasteiger partial charge in [-0.05, 0) is 50.6 Å². The maximum atomic E-state index is 6.01. The van der Waals surface area contributed by atoms with Crippen LogP contribution in [0.25, 0.3) is 0 Å². The van der Waals surface area contributed by atoms with E-state index in [1.807, 2.05) is 18.2 Å². The second-order valence-corrected chi connectivity index (χ2v) is 5.43. The van der Waals surface area contributed by atoms with Gasteiger partial charge in [-0.3, -0.25) is 0 Å². The molecule has 4 heteroatoms. The summed E-state index contributed by atoms with van der Waals surface area (Å²) in [6, 6.07) is 5.67. The van der Waals surface area contributed by atoms with Gasteiger partial charge in [0.2, 0.25) is 0 Å². The Labute approximate surface area is 114 Å². The van der Waals surface area contributed by atoms with E-state index in [1.54, 1.807) is 7.11 Å².